The van der Waals surface area contributed by atoms with E-state index in [1.54, 1.807) is 0 Å². The van der Waals surface area contributed by atoms with Gasteiger partial charge in [-0.1, -0.05) is 58.0 Å². The normalized spacial score (nSPS) is 15.0. The van der Waals surface area contributed by atoms with Crippen LogP contribution >= 0.6 is 27.7 Å². The van der Waals surface area contributed by atoms with Crippen molar-refractivity contribution in [2.75, 3.05) is 0 Å². The van der Waals surface area contributed by atoms with Gasteiger partial charge < -0.3 is 0 Å². The van der Waals surface area contributed by atoms with Crippen molar-refractivity contribution in [3.05, 3.63) is 70.5 Å². The van der Waals surface area contributed by atoms with Crippen molar-refractivity contribution in [3.63, 3.8) is 0 Å². The zero-order valence-corrected chi connectivity index (χ0v) is 16.7. The molecule has 1 aliphatic carbocycles. The van der Waals surface area contributed by atoms with Gasteiger partial charge in [-0.15, -0.1) is 10.2 Å². The number of ketones is 1. The van der Waals surface area contributed by atoms with Crippen molar-refractivity contribution in [3.8, 4) is 5.69 Å². The van der Waals surface area contributed by atoms with Crippen LogP contribution in [0.4, 0.5) is 0 Å². The summed E-state index contributed by atoms with van der Waals surface area (Å²) in [6, 6.07) is 17.6. The fourth-order valence-corrected chi connectivity index (χ4v) is 4.06. The number of carbonyl (C=O) groups excluding carboxylic acids is 1. The third-order valence-electron chi connectivity index (χ3n) is 4.40. The molecule has 4 rings (SSSR count). The largest absolute Gasteiger partial charge is 0.293 e. The van der Waals surface area contributed by atoms with E-state index in [4.69, 9.17) is 0 Å². The maximum atomic E-state index is 12.8. The van der Waals surface area contributed by atoms with Gasteiger partial charge in [0.1, 0.15) is 5.82 Å². The lowest BCUT2D eigenvalue weighted by atomic mass is 10.1. The molecule has 1 heterocycles. The summed E-state index contributed by atoms with van der Waals surface area (Å²) in [6.45, 7) is 1.93. The summed E-state index contributed by atoms with van der Waals surface area (Å²) in [5.41, 5.74) is 1.76. The van der Waals surface area contributed by atoms with E-state index < -0.39 is 0 Å². The Balaban J connectivity index is 1.62. The van der Waals surface area contributed by atoms with Crippen LogP contribution in [0.15, 0.2) is 64.2 Å². The fourth-order valence-electron chi connectivity index (χ4n) is 2.84. The molecule has 0 spiro atoms. The van der Waals surface area contributed by atoms with Gasteiger partial charge in [0, 0.05) is 21.6 Å². The molecule has 0 N–H and O–H groups in total. The van der Waals surface area contributed by atoms with Gasteiger partial charge in [0.2, 0.25) is 0 Å². The highest BCUT2D eigenvalue weighted by molar-refractivity contribution is 9.10. The SMILES string of the molecule is CC(Sc1nnc(C2CC2)n1-c1ccccc1)C(=O)c1ccc(Br)cc1. The number of carbonyl (C=O) groups is 1. The molecule has 0 radical (unpaired) electrons. The summed E-state index contributed by atoms with van der Waals surface area (Å²) in [5.74, 6) is 1.58. The number of thioether (sulfide) groups is 1. The van der Waals surface area contributed by atoms with Gasteiger partial charge >= 0.3 is 0 Å². The van der Waals surface area contributed by atoms with E-state index >= 15 is 0 Å². The molecule has 1 unspecified atom stereocenters. The lowest BCUT2D eigenvalue weighted by molar-refractivity contribution is 0.0994. The monoisotopic (exact) mass is 427 g/mol. The highest BCUT2D eigenvalue weighted by Crippen LogP contribution is 2.41. The number of halogens is 1. The van der Waals surface area contributed by atoms with Crippen LogP contribution in [0.5, 0.6) is 0 Å². The van der Waals surface area contributed by atoms with Gasteiger partial charge in [-0.2, -0.15) is 0 Å². The zero-order chi connectivity index (χ0) is 18.1. The predicted octanol–water partition coefficient (Wildman–Crippen LogP) is 5.27. The number of rotatable bonds is 6. The Bertz CT molecular complexity index is 920. The average Bonchev–Trinajstić information content (AvgIpc) is 3.43. The Labute approximate surface area is 165 Å². The van der Waals surface area contributed by atoms with E-state index in [0.29, 0.717) is 11.5 Å². The first-order valence-electron chi connectivity index (χ1n) is 8.60. The third kappa shape index (κ3) is 3.62. The summed E-state index contributed by atoms with van der Waals surface area (Å²) in [7, 11) is 0. The van der Waals surface area contributed by atoms with Crippen LogP contribution in [-0.4, -0.2) is 25.8 Å². The number of benzene rings is 2. The number of nitrogens with zero attached hydrogens (tertiary/aromatic N) is 3. The molecule has 0 aliphatic heterocycles. The number of para-hydroxylation sites is 1. The highest BCUT2D eigenvalue weighted by atomic mass is 79.9. The molecule has 2 aromatic carbocycles. The molecule has 0 amide bonds. The molecule has 26 heavy (non-hydrogen) atoms. The minimum Gasteiger partial charge on any atom is -0.293 e. The maximum Gasteiger partial charge on any atom is 0.196 e. The zero-order valence-electron chi connectivity index (χ0n) is 14.3. The number of hydrogen-bond acceptors (Lipinski definition) is 4. The number of hydrogen-bond donors (Lipinski definition) is 0. The van der Waals surface area contributed by atoms with Crippen LogP contribution < -0.4 is 0 Å². The molecule has 132 valence electrons. The van der Waals surface area contributed by atoms with Gasteiger partial charge in [0.15, 0.2) is 10.9 Å². The minimum atomic E-state index is -0.241. The molecule has 1 aliphatic rings. The second-order valence-corrected chi connectivity index (χ2v) is 8.64. The van der Waals surface area contributed by atoms with Crippen LogP contribution in [0.2, 0.25) is 0 Å². The van der Waals surface area contributed by atoms with Crippen molar-refractivity contribution in [1.29, 1.82) is 0 Å². The van der Waals surface area contributed by atoms with Crippen molar-refractivity contribution < 1.29 is 4.79 Å². The van der Waals surface area contributed by atoms with E-state index in [9.17, 15) is 4.79 Å². The van der Waals surface area contributed by atoms with Gasteiger partial charge in [0.25, 0.3) is 0 Å². The Kier molecular flexibility index (Phi) is 4.96. The van der Waals surface area contributed by atoms with Crippen LogP contribution in [0.1, 0.15) is 41.9 Å². The van der Waals surface area contributed by atoms with Gasteiger partial charge in [-0.3, -0.25) is 9.36 Å². The minimum absolute atomic E-state index is 0.0954. The first-order chi connectivity index (χ1) is 12.6. The lowest BCUT2D eigenvalue weighted by Crippen LogP contribution is -2.14. The number of aromatic nitrogens is 3. The predicted molar refractivity (Wildman–Crippen MR) is 107 cm³/mol. The molecule has 6 heteroatoms. The van der Waals surface area contributed by atoms with Crippen LogP contribution in [0.3, 0.4) is 0 Å². The van der Waals surface area contributed by atoms with E-state index in [-0.39, 0.29) is 11.0 Å². The van der Waals surface area contributed by atoms with Crippen molar-refractivity contribution in [2.45, 2.75) is 36.1 Å². The second kappa shape index (κ2) is 7.37. The van der Waals surface area contributed by atoms with Crippen LogP contribution in [0.25, 0.3) is 5.69 Å². The molecule has 3 aromatic rings. The first-order valence-corrected chi connectivity index (χ1v) is 10.3. The third-order valence-corrected chi connectivity index (χ3v) is 5.97. The molecule has 0 bridgehead atoms. The van der Waals surface area contributed by atoms with Gasteiger partial charge in [-0.25, -0.2) is 0 Å². The molecule has 4 nitrogen and oxygen atoms in total. The van der Waals surface area contributed by atoms with E-state index in [0.717, 1.165) is 34.0 Å². The molecule has 0 saturated heterocycles. The summed E-state index contributed by atoms with van der Waals surface area (Å²) in [5, 5.41) is 9.36. The van der Waals surface area contributed by atoms with Crippen molar-refractivity contribution in [2.24, 2.45) is 0 Å². The van der Waals surface area contributed by atoms with E-state index in [1.165, 1.54) is 11.8 Å². The second-order valence-electron chi connectivity index (χ2n) is 6.42. The number of Topliss-reactive ketones (excluding diaryl/α,β-unsaturated/α-hetero) is 1. The van der Waals surface area contributed by atoms with Crippen molar-refractivity contribution in [1.82, 2.24) is 14.8 Å². The molecule has 1 aromatic heterocycles. The topological polar surface area (TPSA) is 47.8 Å². The van der Waals surface area contributed by atoms with Gasteiger partial charge in [-0.05, 0) is 44.0 Å². The molecular formula is C20H18BrN3OS. The molecule has 1 atom stereocenters. The van der Waals surface area contributed by atoms with E-state index in [1.807, 2.05) is 49.4 Å². The molecular weight excluding hydrogens is 410 g/mol. The smallest absolute Gasteiger partial charge is 0.196 e. The standard InChI is InChI=1S/C20H18BrN3OS/c1-13(18(25)14-9-11-16(21)12-10-14)26-20-23-22-19(15-7-8-15)24(20)17-5-3-2-4-6-17/h2-6,9-13,15H,7-8H2,1H3. The molecule has 1 fully saturated rings. The molecule has 1 saturated carbocycles. The fraction of sp³-hybridized carbons (Fsp3) is 0.250. The Morgan fingerprint density at radius 1 is 1.12 bits per heavy atom. The van der Waals surface area contributed by atoms with Crippen LogP contribution in [0, 0.1) is 0 Å². The van der Waals surface area contributed by atoms with Crippen molar-refractivity contribution >= 4 is 33.5 Å². The Morgan fingerprint density at radius 2 is 1.81 bits per heavy atom. The average molecular weight is 428 g/mol. The van der Waals surface area contributed by atoms with Gasteiger partial charge in [0.05, 0.1) is 5.25 Å². The lowest BCUT2D eigenvalue weighted by Gasteiger charge is -2.13. The summed E-state index contributed by atoms with van der Waals surface area (Å²) >= 11 is 4.87. The van der Waals surface area contributed by atoms with Crippen LogP contribution in [-0.2, 0) is 0 Å². The Hall–Kier alpha value is -1.92. The summed E-state index contributed by atoms with van der Waals surface area (Å²) in [6.07, 6.45) is 2.31. The van der Waals surface area contributed by atoms with E-state index in [2.05, 4.69) is 42.8 Å². The highest BCUT2D eigenvalue weighted by Gasteiger charge is 2.32. The maximum absolute atomic E-state index is 12.8. The summed E-state index contributed by atoms with van der Waals surface area (Å²) in [4.78, 5) is 12.8. The Morgan fingerprint density at radius 3 is 2.46 bits per heavy atom. The summed E-state index contributed by atoms with van der Waals surface area (Å²) < 4.78 is 3.07. The first kappa shape index (κ1) is 17.5. The quantitative estimate of drug-likeness (QED) is 0.397.